The number of aliphatic hydroxyl groups is 1. The van der Waals surface area contributed by atoms with Gasteiger partial charge in [0.15, 0.2) is 0 Å². The molecule has 1 aromatic rings. The predicted molar refractivity (Wildman–Crippen MR) is 56.4 cm³/mol. The van der Waals surface area contributed by atoms with Gasteiger partial charge in [-0.3, -0.25) is 0 Å². The summed E-state index contributed by atoms with van der Waals surface area (Å²) in [6, 6.07) is 5.15. The Morgan fingerprint density at radius 1 is 1.05 bits per heavy atom. The smallest absolute Gasteiger partial charge is 0.369 e. The van der Waals surface area contributed by atoms with Gasteiger partial charge >= 0.3 is 12.4 Å². The van der Waals surface area contributed by atoms with Crippen molar-refractivity contribution >= 4 is 0 Å². The van der Waals surface area contributed by atoms with Crippen LogP contribution in [0.25, 0.3) is 0 Å². The quantitative estimate of drug-likeness (QED) is 0.868. The fourth-order valence-corrected chi connectivity index (χ4v) is 1.64. The van der Waals surface area contributed by atoms with Crippen LogP contribution in [0.15, 0.2) is 24.3 Å². The van der Waals surface area contributed by atoms with Crippen molar-refractivity contribution in [3.05, 3.63) is 35.4 Å². The van der Waals surface area contributed by atoms with Gasteiger partial charge in [0.1, 0.15) is 0 Å². The number of nitriles is 1. The van der Waals surface area contributed by atoms with Crippen LogP contribution in [0.5, 0.6) is 0 Å². The van der Waals surface area contributed by atoms with Gasteiger partial charge in [0.05, 0.1) is 6.07 Å². The SMILES string of the molecule is N#CCCc1cccc(C(O)(C(F)(F)F)C(F)(F)F)c1. The molecule has 0 saturated heterocycles. The highest BCUT2D eigenvalue weighted by atomic mass is 19.4. The standard InChI is InChI=1S/C12H9F6NO/c13-11(14,15)10(20,12(16,17)18)9-5-1-3-8(7-9)4-2-6-19/h1,3,5,7,20H,2,4H2. The summed E-state index contributed by atoms with van der Waals surface area (Å²) in [6.45, 7) is 0. The van der Waals surface area contributed by atoms with E-state index < -0.39 is 23.5 Å². The van der Waals surface area contributed by atoms with Crippen molar-refractivity contribution in [3.8, 4) is 6.07 Å². The van der Waals surface area contributed by atoms with Gasteiger partial charge in [0.2, 0.25) is 0 Å². The molecule has 0 aliphatic rings. The molecule has 110 valence electrons. The van der Waals surface area contributed by atoms with E-state index in [2.05, 4.69) is 0 Å². The molecule has 0 amide bonds. The average molecular weight is 297 g/mol. The number of hydrogen-bond donors (Lipinski definition) is 1. The molecule has 20 heavy (non-hydrogen) atoms. The van der Waals surface area contributed by atoms with Gasteiger partial charge in [-0.15, -0.1) is 0 Å². The molecular weight excluding hydrogens is 288 g/mol. The summed E-state index contributed by atoms with van der Waals surface area (Å²) < 4.78 is 75.9. The minimum absolute atomic E-state index is 0.00384. The highest BCUT2D eigenvalue weighted by Crippen LogP contribution is 2.50. The molecule has 2 nitrogen and oxygen atoms in total. The van der Waals surface area contributed by atoms with E-state index in [-0.39, 0.29) is 18.4 Å². The van der Waals surface area contributed by atoms with Crippen LogP contribution in [0.4, 0.5) is 26.3 Å². The number of nitrogens with zero attached hydrogens (tertiary/aromatic N) is 1. The third kappa shape index (κ3) is 2.88. The first-order valence-electron chi connectivity index (χ1n) is 5.36. The highest BCUT2D eigenvalue weighted by Gasteiger charge is 2.71. The van der Waals surface area contributed by atoms with Crippen molar-refractivity contribution in [2.75, 3.05) is 0 Å². The van der Waals surface area contributed by atoms with E-state index in [1.807, 2.05) is 0 Å². The molecule has 0 bridgehead atoms. The van der Waals surface area contributed by atoms with E-state index in [0.29, 0.717) is 12.1 Å². The Labute approximate surface area is 110 Å². The van der Waals surface area contributed by atoms with Crippen molar-refractivity contribution in [3.63, 3.8) is 0 Å². The number of hydrogen-bond acceptors (Lipinski definition) is 2. The minimum Gasteiger partial charge on any atom is -0.369 e. The first-order valence-corrected chi connectivity index (χ1v) is 5.36. The third-order valence-corrected chi connectivity index (χ3v) is 2.69. The summed E-state index contributed by atoms with van der Waals surface area (Å²) in [5, 5.41) is 17.5. The van der Waals surface area contributed by atoms with Crippen LogP contribution in [-0.4, -0.2) is 17.5 Å². The molecule has 0 fully saturated rings. The lowest BCUT2D eigenvalue weighted by Crippen LogP contribution is -2.53. The predicted octanol–water partition coefficient (Wildman–Crippen LogP) is 3.45. The lowest BCUT2D eigenvalue weighted by atomic mass is 9.90. The summed E-state index contributed by atoms with van der Waals surface area (Å²) in [4.78, 5) is 0. The van der Waals surface area contributed by atoms with Crippen LogP contribution in [-0.2, 0) is 12.0 Å². The first-order chi connectivity index (χ1) is 9.04. The Morgan fingerprint density at radius 2 is 1.60 bits per heavy atom. The largest absolute Gasteiger partial charge is 0.430 e. The third-order valence-electron chi connectivity index (χ3n) is 2.69. The van der Waals surface area contributed by atoms with Crippen LogP contribution in [0, 0.1) is 11.3 Å². The number of alkyl halides is 6. The van der Waals surface area contributed by atoms with Gasteiger partial charge < -0.3 is 5.11 Å². The van der Waals surface area contributed by atoms with E-state index in [0.717, 1.165) is 6.07 Å². The van der Waals surface area contributed by atoms with E-state index >= 15 is 0 Å². The highest BCUT2D eigenvalue weighted by molar-refractivity contribution is 5.31. The molecule has 0 saturated carbocycles. The monoisotopic (exact) mass is 297 g/mol. The molecule has 0 radical (unpaired) electrons. The normalized spacial score (nSPS) is 13.1. The Hall–Kier alpha value is -1.75. The Balaban J connectivity index is 3.34. The van der Waals surface area contributed by atoms with Crippen LogP contribution in [0.2, 0.25) is 0 Å². The molecule has 1 N–H and O–H groups in total. The Bertz CT molecular complexity index is 500. The Morgan fingerprint density at radius 3 is 2.05 bits per heavy atom. The maximum Gasteiger partial charge on any atom is 0.430 e. The molecular formula is C12H9F6NO. The number of rotatable bonds is 3. The van der Waals surface area contributed by atoms with Crippen molar-refractivity contribution in [2.45, 2.75) is 30.8 Å². The van der Waals surface area contributed by atoms with Gasteiger partial charge in [-0.1, -0.05) is 24.3 Å². The maximum atomic E-state index is 12.6. The molecule has 0 spiro atoms. The second kappa shape index (κ2) is 5.32. The van der Waals surface area contributed by atoms with Crippen molar-refractivity contribution in [1.29, 1.82) is 5.26 Å². The summed E-state index contributed by atoms with van der Waals surface area (Å²) in [5.41, 5.74) is -6.13. The first kappa shape index (κ1) is 16.3. The molecule has 0 aliphatic heterocycles. The molecule has 0 heterocycles. The second-order valence-corrected chi connectivity index (χ2v) is 4.06. The van der Waals surface area contributed by atoms with Gasteiger partial charge in [-0.25, -0.2) is 0 Å². The number of benzene rings is 1. The second-order valence-electron chi connectivity index (χ2n) is 4.06. The molecule has 8 heteroatoms. The fourth-order valence-electron chi connectivity index (χ4n) is 1.64. The average Bonchev–Trinajstić information content (AvgIpc) is 2.33. The van der Waals surface area contributed by atoms with E-state index in [4.69, 9.17) is 5.26 Å². The fraction of sp³-hybridized carbons (Fsp3) is 0.417. The summed E-state index contributed by atoms with van der Waals surface area (Å²) in [5.74, 6) is 0. The van der Waals surface area contributed by atoms with E-state index in [1.54, 1.807) is 6.07 Å². The van der Waals surface area contributed by atoms with Gasteiger partial charge in [-0.2, -0.15) is 31.6 Å². The number of aryl methyl sites for hydroxylation is 1. The van der Waals surface area contributed by atoms with Crippen molar-refractivity contribution < 1.29 is 31.4 Å². The topological polar surface area (TPSA) is 44.0 Å². The van der Waals surface area contributed by atoms with E-state index in [9.17, 15) is 31.4 Å². The summed E-state index contributed by atoms with van der Waals surface area (Å²) in [7, 11) is 0. The molecule has 0 aliphatic carbocycles. The summed E-state index contributed by atoms with van der Waals surface area (Å²) >= 11 is 0. The van der Waals surface area contributed by atoms with Crippen molar-refractivity contribution in [2.24, 2.45) is 0 Å². The molecule has 0 atom stereocenters. The maximum absolute atomic E-state index is 12.6. The van der Waals surface area contributed by atoms with Crippen LogP contribution < -0.4 is 0 Å². The lowest BCUT2D eigenvalue weighted by Gasteiger charge is -2.32. The van der Waals surface area contributed by atoms with Gasteiger partial charge in [0.25, 0.3) is 5.60 Å². The van der Waals surface area contributed by atoms with Gasteiger partial charge in [0, 0.05) is 12.0 Å². The summed E-state index contributed by atoms with van der Waals surface area (Å²) in [6.07, 6.45) is -11.9. The minimum atomic E-state index is -5.90. The molecule has 1 aromatic carbocycles. The van der Waals surface area contributed by atoms with Crippen LogP contribution >= 0.6 is 0 Å². The zero-order chi connectivity index (χ0) is 15.6. The van der Waals surface area contributed by atoms with E-state index in [1.165, 1.54) is 6.07 Å². The lowest BCUT2D eigenvalue weighted by molar-refractivity contribution is -0.376. The Kier molecular flexibility index (Phi) is 4.34. The molecule has 1 rings (SSSR count). The van der Waals surface area contributed by atoms with Crippen LogP contribution in [0.1, 0.15) is 17.5 Å². The number of halogens is 6. The zero-order valence-corrected chi connectivity index (χ0v) is 9.89. The van der Waals surface area contributed by atoms with Gasteiger partial charge in [-0.05, 0) is 12.0 Å². The molecule has 0 unspecified atom stereocenters. The van der Waals surface area contributed by atoms with Crippen molar-refractivity contribution in [1.82, 2.24) is 0 Å². The molecule has 0 aromatic heterocycles. The zero-order valence-electron chi connectivity index (χ0n) is 9.89. The van der Waals surface area contributed by atoms with Crippen LogP contribution in [0.3, 0.4) is 0 Å².